The second-order valence-corrected chi connectivity index (χ2v) is 9.37. The number of thioether (sulfide) groups is 1. The van der Waals surface area contributed by atoms with Gasteiger partial charge in [-0.05, 0) is 61.7 Å². The highest BCUT2D eigenvalue weighted by molar-refractivity contribution is 8.00. The number of anilines is 1. The van der Waals surface area contributed by atoms with Crippen molar-refractivity contribution in [2.24, 2.45) is 0 Å². The Hall–Kier alpha value is -3.10. The molecular weight excluding hydrogens is 440 g/mol. The first-order valence-electron chi connectivity index (χ1n) is 10.4. The summed E-state index contributed by atoms with van der Waals surface area (Å²) in [5, 5.41) is 14.2. The molecular formula is C24H24N4O2S2. The fourth-order valence-corrected chi connectivity index (χ4v) is 4.74. The fourth-order valence-electron chi connectivity index (χ4n) is 3.15. The summed E-state index contributed by atoms with van der Waals surface area (Å²) in [6, 6.07) is 21.5. The Morgan fingerprint density at radius 1 is 1.09 bits per heavy atom. The van der Waals surface area contributed by atoms with E-state index in [0.29, 0.717) is 18.2 Å². The summed E-state index contributed by atoms with van der Waals surface area (Å²) in [5.74, 6) is 1.53. The standard InChI is InChI=1S/C24H24N4O2S2/c1-3-30-20-13-11-18(12-14-20)25-23(29)17(2)32-24-27-26-22(16-21-10-7-15-31-21)28(24)19-8-5-4-6-9-19/h4-15,17H,3,16H2,1-2H3,(H,25,29). The first-order valence-corrected chi connectivity index (χ1v) is 12.1. The van der Waals surface area contributed by atoms with Crippen LogP contribution in [0.3, 0.4) is 0 Å². The summed E-state index contributed by atoms with van der Waals surface area (Å²) >= 11 is 3.09. The van der Waals surface area contributed by atoms with Crippen molar-refractivity contribution in [3.63, 3.8) is 0 Å². The van der Waals surface area contributed by atoms with Gasteiger partial charge in [0.2, 0.25) is 5.91 Å². The molecule has 8 heteroatoms. The number of thiophene rings is 1. The highest BCUT2D eigenvalue weighted by Crippen LogP contribution is 2.28. The van der Waals surface area contributed by atoms with Gasteiger partial charge in [-0.1, -0.05) is 36.0 Å². The van der Waals surface area contributed by atoms with Crippen LogP contribution in [0.25, 0.3) is 5.69 Å². The molecule has 0 aliphatic heterocycles. The number of nitrogens with zero attached hydrogens (tertiary/aromatic N) is 3. The van der Waals surface area contributed by atoms with Crippen LogP contribution in [0.1, 0.15) is 24.5 Å². The van der Waals surface area contributed by atoms with E-state index in [1.807, 2.05) is 79.1 Å². The van der Waals surface area contributed by atoms with Crippen LogP contribution < -0.4 is 10.1 Å². The van der Waals surface area contributed by atoms with E-state index in [9.17, 15) is 4.79 Å². The Morgan fingerprint density at radius 3 is 2.56 bits per heavy atom. The van der Waals surface area contributed by atoms with Crippen LogP contribution in [-0.4, -0.2) is 32.5 Å². The van der Waals surface area contributed by atoms with Crippen molar-refractivity contribution < 1.29 is 9.53 Å². The van der Waals surface area contributed by atoms with Crippen molar-refractivity contribution in [3.8, 4) is 11.4 Å². The molecule has 0 radical (unpaired) electrons. The number of hydrogen-bond donors (Lipinski definition) is 1. The Balaban J connectivity index is 1.51. The summed E-state index contributed by atoms with van der Waals surface area (Å²) < 4.78 is 7.49. The Bertz CT molecular complexity index is 1140. The molecule has 0 aliphatic rings. The molecule has 32 heavy (non-hydrogen) atoms. The molecule has 0 aliphatic carbocycles. The minimum absolute atomic E-state index is 0.0958. The van der Waals surface area contributed by atoms with E-state index in [1.165, 1.54) is 16.6 Å². The third-order valence-electron chi connectivity index (χ3n) is 4.71. The van der Waals surface area contributed by atoms with Crippen molar-refractivity contribution in [1.29, 1.82) is 0 Å². The average Bonchev–Trinajstić information content (AvgIpc) is 3.46. The van der Waals surface area contributed by atoms with Gasteiger partial charge in [0.15, 0.2) is 5.16 Å². The normalized spacial score (nSPS) is 11.8. The highest BCUT2D eigenvalue weighted by atomic mass is 32.2. The first-order chi connectivity index (χ1) is 15.6. The molecule has 0 spiro atoms. The summed E-state index contributed by atoms with van der Waals surface area (Å²) in [4.78, 5) is 14.0. The molecule has 1 atom stereocenters. The maximum absolute atomic E-state index is 12.8. The van der Waals surface area contributed by atoms with E-state index >= 15 is 0 Å². The van der Waals surface area contributed by atoms with Gasteiger partial charge in [0.05, 0.1) is 11.9 Å². The number of nitrogens with one attached hydrogen (secondary N) is 1. The van der Waals surface area contributed by atoms with Crippen LogP contribution in [-0.2, 0) is 11.2 Å². The molecule has 1 amide bonds. The van der Waals surface area contributed by atoms with Crippen LogP contribution in [0.5, 0.6) is 5.75 Å². The third kappa shape index (κ3) is 5.38. The molecule has 0 bridgehead atoms. The molecule has 0 fully saturated rings. The van der Waals surface area contributed by atoms with E-state index in [2.05, 4.69) is 27.0 Å². The number of hydrogen-bond acceptors (Lipinski definition) is 6. The molecule has 4 aromatic rings. The van der Waals surface area contributed by atoms with Crippen molar-refractivity contribution in [3.05, 3.63) is 82.8 Å². The SMILES string of the molecule is CCOc1ccc(NC(=O)C(C)Sc2nnc(Cc3cccs3)n2-c2ccccc2)cc1. The van der Waals surface area contributed by atoms with Gasteiger partial charge < -0.3 is 10.1 Å². The lowest BCUT2D eigenvalue weighted by Gasteiger charge is -2.14. The van der Waals surface area contributed by atoms with Crippen LogP contribution in [0, 0.1) is 0 Å². The number of para-hydroxylation sites is 1. The van der Waals surface area contributed by atoms with E-state index < -0.39 is 0 Å². The molecule has 4 rings (SSSR count). The monoisotopic (exact) mass is 464 g/mol. The quantitative estimate of drug-likeness (QED) is 0.334. The second kappa shape index (κ2) is 10.5. The molecule has 2 aromatic carbocycles. The summed E-state index contributed by atoms with van der Waals surface area (Å²) in [6.07, 6.45) is 0.687. The summed E-state index contributed by atoms with van der Waals surface area (Å²) in [6.45, 7) is 4.42. The smallest absolute Gasteiger partial charge is 0.237 e. The number of benzene rings is 2. The molecule has 2 heterocycles. The minimum atomic E-state index is -0.359. The number of carbonyl (C=O) groups is 1. The predicted octanol–water partition coefficient (Wildman–Crippen LogP) is 5.44. The van der Waals surface area contributed by atoms with E-state index in [0.717, 1.165) is 22.9 Å². The van der Waals surface area contributed by atoms with Gasteiger partial charge >= 0.3 is 0 Å². The predicted molar refractivity (Wildman–Crippen MR) is 130 cm³/mol. The number of amides is 1. The van der Waals surface area contributed by atoms with E-state index in [1.54, 1.807) is 11.3 Å². The van der Waals surface area contributed by atoms with Gasteiger partial charge in [-0.25, -0.2) is 0 Å². The Labute approximate surface area is 195 Å². The van der Waals surface area contributed by atoms with Gasteiger partial charge in [0.1, 0.15) is 11.6 Å². The average molecular weight is 465 g/mol. The molecule has 2 aromatic heterocycles. The van der Waals surface area contributed by atoms with E-state index in [-0.39, 0.29) is 11.2 Å². The van der Waals surface area contributed by atoms with Gasteiger partial charge in [-0.2, -0.15) is 0 Å². The van der Waals surface area contributed by atoms with Gasteiger partial charge in [-0.15, -0.1) is 21.5 Å². The molecule has 164 valence electrons. The largest absolute Gasteiger partial charge is 0.494 e. The molecule has 0 saturated carbocycles. The Kier molecular flexibility index (Phi) is 7.24. The first kappa shape index (κ1) is 22.1. The minimum Gasteiger partial charge on any atom is -0.494 e. The van der Waals surface area contributed by atoms with Crippen molar-refractivity contribution >= 4 is 34.7 Å². The Morgan fingerprint density at radius 2 is 1.88 bits per heavy atom. The van der Waals surface area contributed by atoms with Crippen molar-refractivity contribution in [2.75, 3.05) is 11.9 Å². The second-order valence-electron chi connectivity index (χ2n) is 7.03. The topological polar surface area (TPSA) is 69.0 Å². The lowest BCUT2D eigenvalue weighted by Crippen LogP contribution is -2.23. The summed E-state index contributed by atoms with van der Waals surface area (Å²) in [5.41, 5.74) is 1.71. The molecule has 1 N–H and O–H groups in total. The van der Waals surface area contributed by atoms with Crippen molar-refractivity contribution in [1.82, 2.24) is 14.8 Å². The maximum atomic E-state index is 12.8. The number of ether oxygens (including phenoxy) is 1. The van der Waals surface area contributed by atoms with E-state index in [4.69, 9.17) is 4.74 Å². The van der Waals surface area contributed by atoms with Crippen LogP contribution >= 0.6 is 23.1 Å². The number of carbonyl (C=O) groups excluding carboxylic acids is 1. The molecule has 1 unspecified atom stereocenters. The zero-order chi connectivity index (χ0) is 22.3. The van der Waals surface area contributed by atoms with Crippen LogP contribution in [0.2, 0.25) is 0 Å². The zero-order valence-electron chi connectivity index (χ0n) is 17.9. The lowest BCUT2D eigenvalue weighted by molar-refractivity contribution is -0.115. The third-order valence-corrected chi connectivity index (χ3v) is 6.63. The number of aromatic nitrogens is 3. The molecule has 0 saturated heterocycles. The molecule has 6 nitrogen and oxygen atoms in total. The van der Waals surface area contributed by atoms with Gasteiger partial charge in [0, 0.05) is 22.7 Å². The summed E-state index contributed by atoms with van der Waals surface area (Å²) in [7, 11) is 0. The highest BCUT2D eigenvalue weighted by Gasteiger charge is 2.21. The van der Waals surface area contributed by atoms with Crippen LogP contribution in [0.4, 0.5) is 5.69 Å². The lowest BCUT2D eigenvalue weighted by atomic mass is 10.3. The van der Waals surface area contributed by atoms with Crippen LogP contribution in [0.15, 0.2) is 77.3 Å². The zero-order valence-corrected chi connectivity index (χ0v) is 19.5. The fraction of sp³-hybridized carbons (Fsp3) is 0.208. The van der Waals surface area contributed by atoms with Gasteiger partial charge in [0.25, 0.3) is 0 Å². The van der Waals surface area contributed by atoms with Crippen molar-refractivity contribution in [2.45, 2.75) is 30.7 Å². The van der Waals surface area contributed by atoms with Gasteiger partial charge in [-0.3, -0.25) is 9.36 Å². The number of rotatable bonds is 9. The maximum Gasteiger partial charge on any atom is 0.237 e.